The molecule has 0 atom stereocenters. The normalized spacial score (nSPS) is 14.0. The summed E-state index contributed by atoms with van der Waals surface area (Å²) in [6.45, 7) is 0. The van der Waals surface area contributed by atoms with Gasteiger partial charge in [0.1, 0.15) is 5.54 Å². The van der Waals surface area contributed by atoms with E-state index in [-0.39, 0.29) is 0 Å². The Hall–Kier alpha value is -5.71. The molecule has 0 amide bonds. The van der Waals surface area contributed by atoms with Crippen molar-refractivity contribution < 1.29 is 0 Å². The molecule has 220 valence electrons. The van der Waals surface area contributed by atoms with Gasteiger partial charge in [-0.15, -0.1) is 0 Å². The highest BCUT2D eigenvalue weighted by Crippen LogP contribution is 2.61. The number of aromatic nitrogens is 2. The molecule has 1 aliphatic carbocycles. The summed E-state index contributed by atoms with van der Waals surface area (Å²) in [6, 6.07) is 58.8. The van der Waals surface area contributed by atoms with Crippen LogP contribution in [0, 0.1) is 0 Å². The fourth-order valence-corrected chi connectivity index (χ4v) is 8.89. The molecular weight excluding hydrogens is 591 g/mol. The van der Waals surface area contributed by atoms with E-state index in [1.165, 1.54) is 37.6 Å². The standard InChI is InChI=1S/C43H27N3S/c1-2-15-29(16-3-1)40-33-27-26-28-14-4-5-17-30(28)41(33)45-42(44-40)46-37-23-11-13-25-39(37)47-38-24-12-10-22-36(38)43(46)34-20-8-6-18-31(34)32-19-7-9-21-35(32)43/h1-27H. The predicted octanol–water partition coefficient (Wildman–Crippen LogP) is 11.0. The molecule has 1 aromatic heterocycles. The van der Waals surface area contributed by atoms with Gasteiger partial charge in [-0.3, -0.25) is 4.90 Å². The van der Waals surface area contributed by atoms with Crippen molar-refractivity contribution in [2.75, 3.05) is 4.90 Å². The smallest absolute Gasteiger partial charge is 0.232 e. The van der Waals surface area contributed by atoms with Gasteiger partial charge in [0.25, 0.3) is 0 Å². The van der Waals surface area contributed by atoms with Crippen LogP contribution >= 0.6 is 11.8 Å². The molecule has 7 aromatic carbocycles. The maximum atomic E-state index is 5.60. The van der Waals surface area contributed by atoms with Crippen LogP contribution in [-0.4, -0.2) is 9.97 Å². The molecular formula is C43H27N3S. The van der Waals surface area contributed by atoms with Crippen LogP contribution in [0.25, 0.3) is 44.1 Å². The van der Waals surface area contributed by atoms with Crippen LogP contribution < -0.4 is 4.90 Å². The van der Waals surface area contributed by atoms with E-state index < -0.39 is 5.54 Å². The van der Waals surface area contributed by atoms with E-state index >= 15 is 0 Å². The molecule has 0 bridgehead atoms. The van der Waals surface area contributed by atoms with Crippen LogP contribution in [-0.2, 0) is 5.54 Å². The minimum Gasteiger partial charge on any atom is -0.291 e. The molecule has 10 rings (SSSR count). The molecule has 0 fully saturated rings. The number of hydrogen-bond donors (Lipinski definition) is 0. The second-order valence-corrected chi connectivity index (χ2v) is 13.2. The fourth-order valence-electron chi connectivity index (χ4n) is 7.77. The van der Waals surface area contributed by atoms with Gasteiger partial charge in [0.15, 0.2) is 0 Å². The van der Waals surface area contributed by atoms with Crippen molar-refractivity contribution in [1.82, 2.24) is 9.97 Å². The molecule has 0 radical (unpaired) electrons. The van der Waals surface area contributed by atoms with Gasteiger partial charge in [-0.1, -0.05) is 151 Å². The van der Waals surface area contributed by atoms with E-state index in [9.17, 15) is 0 Å². The average molecular weight is 618 g/mol. The van der Waals surface area contributed by atoms with Crippen molar-refractivity contribution in [2.45, 2.75) is 15.3 Å². The van der Waals surface area contributed by atoms with Crippen LogP contribution in [0.5, 0.6) is 0 Å². The number of para-hydroxylation sites is 1. The van der Waals surface area contributed by atoms with Crippen molar-refractivity contribution in [3.8, 4) is 22.4 Å². The van der Waals surface area contributed by atoms with Gasteiger partial charge in [-0.05, 0) is 51.9 Å². The molecule has 0 N–H and O–H groups in total. The largest absolute Gasteiger partial charge is 0.291 e. The van der Waals surface area contributed by atoms with Crippen LogP contribution in [0.1, 0.15) is 16.7 Å². The Morgan fingerprint density at radius 2 is 1.09 bits per heavy atom. The Morgan fingerprint density at radius 3 is 1.87 bits per heavy atom. The Morgan fingerprint density at radius 1 is 0.468 bits per heavy atom. The van der Waals surface area contributed by atoms with Crippen LogP contribution in [0.2, 0.25) is 0 Å². The van der Waals surface area contributed by atoms with Crippen LogP contribution in [0.4, 0.5) is 11.6 Å². The van der Waals surface area contributed by atoms with E-state index in [1.807, 2.05) is 11.8 Å². The summed E-state index contributed by atoms with van der Waals surface area (Å²) < 4.78 is 0. The molecule has 1 spiro atoms. The first-order chi connectivity index (χ1) is 23.3. The van der Waals surface area contributed by atoms with E-state index in [2.05, 4.69) is 169 Å². The summed E-state index contributed by atoms with van der Waals surface area (Å²) >= 11 is 1.82. The number of benzene rings is 7. The van der Waals surface area contributed by atoms with Gasteiger partial charge in [0, 0.05) is 31.7 Å². The zero-order valence-electron chi connectivity index (χ0n) is 25.3. The highest BCUT2D eigenvalue weighted by Gasteiger charge is 2.53. The summed E-state index contributed by atoms with van der Waals surface area (Å²) in [5.74, 6) is 0.670. The second kappa shape index (κ2) is 10.1. The lowest BCUT2D eigenvalue weighted by molar-refractivity contribution is 0.618. The highest BCUT2D eigenvalue weighted by atomic mass is 32.2. The van der Waals surface area contributed by atoms with Crippen molar-refractivity contribution in [3.05, 3.63) is 180 Å². The third-order valence-electron chi connectivity index (χ3n) is 9.69. The van der Waals surface area contributed by atoms with Crippen molar-refractivity contribution in [2.24, 2.45) is 0 Å². The molecule has 8 aromatic rings. The summed E-state index contributed by atoms with van der Waals surface area (Å²) in [7, 11) is 0. The molecule has 0 saturated heterocycles. The third kappa shape index (κ3) is 3.70. The minimum absolute atomic E-state index is 0.670. The summed E-state index contributed by atoms with van der Waals surface area (Å²) in [6.07, 6.45) is 0. The monoisotopic (exact) mass is 617 g/mol. The molecule has 2 aliphatic rings. The van der Waals surface area contributed by atoms with E-state index in [0.717, 1.165) is 38.6 Å². The molecule has 2 heterocycles. The van der Waals surface area contributed by atoms with Gasteiger partial charge in [-0.2, -0.15) is 0 Å². The Balaban J connectivity index is 1.42. The topological polar surface area (TPSA) is 29.0 Å². The molecule has 1 aliphatic heterocycles. The second-order valence-electron chi connectivity index (χ2n) is 12.1. The Labute approximate surface area is 277 Å². The average Bonchev–Trinajstić information content (AvgIpc) is 3.35. The number of fused-ring (bicyclic) bond motifs is 11. The molecule has 3 nitrogen and oxygen atoms in total. The van der Waals surface area contributed by atoms with Gasteiger partial charge in [0.2, 0.25) is 5.95 Å². The number of rotatable bonds is 2. The molecule has 0 unspecified atom stereocenters. The van der Waals surface area contributed by atoms with Gasteiger partial charge < -0.3 is 0 Å². The molecule has 47 heavy (non-hydrogen) atoms. The minimum atomic E-state index is -0.727. The zero-order chi connectivity index (χ0) is 31.0. The first kappa shape index (κ1) is 26.5. The SMILES string of the molecule is c1ccc(-c2nc(N3c4ccccc4Sc4ccccc4C34c3ccccc3-c3ccccc34)nc3c2ccc2ccccc23)cc1. The summed E-state index contributed by atoms with van der Waals surface area (Å²) in [4.78, 5) is 16.0. The number of anilines is 2. The fraction of sp³-hybridized carbons (Fsp3) is 0.0233. The maximum absolute atomic E-state index is 5.60. The first-order valence-corrected chi connectivity index (χ1v) is 16.7. The lowest BCUT2D eigenvalue weighted by atomic mass is 9.78. The highest BCUT2D eigenvalue weighted by molar-refractivity contribution is 7.99. The van der Waals surface area contributed by atoms with Crippen molar-refractivity contribution in [3.63, 3.8) is 0 Å². The van der Waals surface area contributed by atoms with Crippen molar-refractivity contribution in [1.29, 1.82) is 0 Å². The quantitative estimate of drug-likeness (QED) is 0.181. The maximum Gasteiger partial charge on any atom is 0.232 e. The van der Waals surface area contributed by atoms with Gasteiger partial charge >= 0.3 is 0 Å². The van der Waals surface area contributed by atoms with Crippen LogP contribution in [0.15, 0.2) is 174 Å². The van der Waals surface area contributed by atoms with Gasteiger partial charge in [0.05, 0.1) is 16.9 Å². The van der Waals surface area contributed by atoms with Crippen molar-refractivity contribution >= 4 is 45.1 Å². The number of nitrogens with zero attached hydrogens (tertiary/aromatic N) is 3. The van der Waals surface area contributed by atoms with E-state index in [1.54, 1.807) is 0 Å². The third-order valence-corrected chi connectivity index (χ3v) is 10.8. The number of hydrogen-bond acceptors (Lipinski definition) is 4. The van der Waals surface area contributed by atoms with E-state index in [0.29, 0.717) is 5.95 Å². The van der Waals surface area contributed by atoms with E-state index in [4.69, 9.17) is 9.97 Å². The predicted molar refractivity (Wildman–Crippen MR) is 193 cm³/mol. The Kier molecular flexibility index (Phi) is 5.72. The lowest BCUT2D eigenvalue weighted by Gasteiger charge is -2.43. The summed E-state index contributed by atoms with van der Waals surface area (Å²) in [5.41, 5.74) is 9.45. The zero-order valence-corrected chi connectivity index (χ0v) is 26.2. The lowest BCUT2D eigenvalue weighted by Crippen LogP contribution is -2.45. The summed E-state index contributed by atoms with van der Waals surface area (Å²) in [5, 5.41) is 3.31. The Bertz CT molecular complexity index is 2480. The van der Waals surface area contributed by atoms with Crippen LogP contribution in [0.3, 0.4) is 0 Å². The van der Waals surface area contributed by atoms with Gasteiger partial charge in [-0.25, -0.2) is 9.97 Å². The first-order valence-electron chi connectivity index (χ1n) is 15.9. The molecule has 4 heteroatoms. The molecule has 0 saturated carbocycles.